The summed E-state index contributed by atoms with van der Waals surface area (Å²) in [5.74, 6) is 0.660. The highest BCUT2D eigenvalue weighted by molar-refractivity contribution is 5.95. The van der Waals surface area contributed by atoms with Crippen molar-refractivity contribution in [2.24, 2.45) is 0 Å². The lowest BCUT2D eigenvalue weighted by Gasteiger charge is -2.15. The number of aromatic nitrogens is 3. The third kappa shape index (κ3) is 4.47. The Hall–Kier alpha value is -3.72. The molecule has 4 aromatic rings. The van der Waals surface area contributed by atoms with E-state index < -0.39 is 11.7 Å². The number of rotatable bonds is 6. The lowest BCUT2D eigenvalue weighted by atomic mass is 10.0. The third-order valence-corrected chi connectivity index (χ3v) is 4.76. The Morgan fingerprint density at radius 1 is 1.00 bits per heavy atom. The van der Waals surface area contributed by atoms with E-state index in [4.69, 9.17) is 9.47 Å². The van der Waals surface area contributed by atoms with Crippen LogP contribution in [0.2, 0.25) is 0 Å². The Labute approximate surface area is 182 Å². The summed E-state index contributed by atoms with van der Waals surface area (Å²) >= 11 is 0. The molecule has 1 N–H and O–H groups in total. The fourth-order valence-corrected chi connectivity index (χ4v) is 3.33. The van der Waals surface area contributed by atoms with E-state index >= 15 is 0 Å². The van der Waals surface area contributed by atoms with Gasteiger partial charge in [-0.1, -0.05) is 18.2 Å². The summed E-state index contributed by atoms with van der Waals surface area (Å²) in [6.45, 7) is 0.242. The zero-order valence-corrected chi connectivity index (χ0v) is 17.3. The number of ether oxygens (including phenoxy) is 2. The van der Waals surface area contributed by atoms with Crippen molar-refractivity contribution in [2.45, 2.75) is 12.8 Å². The van der Waals surface area contributed by atoms with Crippen molar-refractivity contribution in [3.8, 4) is 17.0 Å². The zero-order valence-electron chi connectivity index (χ0n) is 17.3. The van der Waals surface area contributed by atoms with Crippen molar-refractivity contribution in [1.82, 2.24) is 15.0 Å². The Morgan fingerprint density at radius 3 is 2.53 bits per heavy atom. The first-order valence-corrected chi connectivity index (χ1v) is 9.61. The monoisotopic (exact) mass is 440 g/mol. The molecule has 0 unspecified atom stereocenters. The number of methoxy groups -OCH3 is 2. The highest BCUT2D eigenvalue weighted by Gasteiger charge is 2.35. The molecule has 0 bridgehead atoms. The van der Waals surface area contributed by atoms with Crippen molar-refractivity contribution in [3.05, 3.63) is 72.2 Å². The van der Waals surface area contributed by atoms with E-state index in [-0.39, 0.29) is 18.1 Å². The number of nitrogens with one attached hydrogen (secondary N) is 1. The first-order valence-electron chi connectivity index (χ1n) is 9.61. The summed E-state index contributed by atoms with van der Waals surface area (Å²) in [5, 5.41) is 3.96. The second kappa shape index (κ2) is 8.80. The molecule has 164 valence electrons. The molecule has 3 heterocycles. The molecule has 0 aliphatic heterocycles. The second-order valence-electron chi connectivity index (χ2n) is 6.94. The van der Waals surface area contributed by atoms with Crippen LogP contribution in [0, 0.1) is 0 Å². The van der Waals surface area contributed by atoms with Gasteiger partial charge in [-0.05, 0) is 30.3 Å². The van der Waals surface area contributed by atoms with Crippen molar-refractivity contribution in [3.63, 3.8) is 0 Å². The van der Waals surface area contributed by atoms with Crippen LogP contribution in [0.15, 0.2) is 60.9 Å². The summed E-state index contributed by atoms with van der Waals surface area (Å²) in [7, 11) is 2.84. The molecule has 0 saturated heterocycles. The summed E-state index contributed by atoms with van der Waals surface area (Å²) in [5.41, 5.74) is 1.05. The van der Waals surface area contributed by atoms with Gasteiger partial charge in [0.1, 0.15) is 11.6 Å². The van der Waals surface area contributed by atoms with Crippen LogP contribution in [0.25, 0.3) is 22.2 Å². The van der Waals surface area contributed by atoms with Gasteiger partial charge in [0, 0.05) is 24.3 Å². The summed E-state index contributed by atoms with van der Waals surface area (Å²) in [6, 6.07) is 13.1. The molecule has 0 fully saturated rings. The number of nitrogens with zero attached hydrogens (tertiary/aromatic N) is 3. The predicted octanol–water partition coefficient (Wildman–Crippen LogP) is 5.61. The van der Waals surface area contributed by atoms with Crippen LogP contribution in [0.4, 0.5) is 24.7 Å². The number of benzene rings is 1. The molecule has 0 atom stereocenters. The van der Waals surface area contributed by atoms with Crippen molar-refractivity contribution in [1.29, 1.82) is 0 Å². The normalized spacial score (nSPS) is 11.5. The van der Waals surface area contributed by atoms with Gasteiger partial charge in [-0.3, -0.25) is 9.97 Å². The number of alkyl halides is 3. The van der Waals surface area contributed by atoms with E-state index in [1.807, 2.05) is 18.2 Å². The number of halogens is 3. The molecule has 1 aromatic carbocycles. The van der Waals surface area contributed by atoms with Gasteiger partial charge in [0.2, 0.25) is 0 Å². The minimum atomic E-state index is -4.59. The summed E-state index contributed by atoms with van der Waals surface area (Å²) in [4.78, 5) is 12.8. The van der Waals surface area contributed by atoms with E-state index in [0.29, 0.717) is 28.3 Å². The first-order chi connectivity index (χ1) is 15.4. The maximum absolute atomic E-state index is 13.7. The Kier molecular flexibility index (Phi) is 5.91. The molecule has 6 nitrogen and oxygen atoms in total. The van der Waals surface area contributed by atoms with Crippen molar-refractivity contribution in [2.75, 3.05) is 19.5 Å². The average molecular weight is 440 g/mol. The number of pyridine rings is 3. The predicted molar refractivity (Wildman–Crippen MR) is 115 cm³/mol. The van der Waals surface area contributed by atoms with Gasteiger partial charge in [-0.25, -0.2) is 4.98 Å². The van der Waals surface area contributed by atoms with Gasteiger partial charge in [0.15, 0.2) is 0 Å². The van der Waals surface area contributed by atoms with Gasteiger partial charge in [0.25, 0.3) is 0 Å². The molecule has 3 aromatic heterocycles. The van der Waals surface area contributed by atoms with Crippen LogP contribution in [0.5, 0.6) is 5.75 Å². The fraction of sp³-hybridized carbons (Fsp3) is 0.174. The second-order valence-corrected chi connectivity index (χ2v) is 6.94. The summed E-state index contributed by atoms with van der Waals surface area (Å²) in [6.07, 6.45) is -1.67. The topological polar surface area (TPSA) is 69.2 Å². The Bertz CT molecular complexity index is 1250. The fourth-order valence-electron chi connectivity index (χ4n) is 3.33. The van der Waals surface area contributed by atoms with E-state index in [1.54, 1.807) is 37.6 Å². The van der Waals surface area contributed by atoms with E-state index in [2.05, 4.69) is 20.3 Å². The van der Waals surface area contributed by atoms with Crippen molar-refractivity contribution < 1.29 is 22.6 Å². The molecular weight excluding hydrogens is 421 g/mol. The molecule has 32 heavy (non-hydrogen) atoms. The maximum atomic E-state index is 13.7. The standard InChI is InChI=1S/C23H19F3N4O2/c1-31-13-15-10-20(30-21-5-3-4-8-27-21)17-7-6-14(9-19(17)29-15)22-18(23(24,25)26)11-16(32-2)12-28-22/h3-12H,13H2,1-2H3,(H,27,29,30). The number of anilines is 2. The maximum Gasteiger partial charge on any atom is 0.418 e. The number of hydrogen-bond donors (Lipinski definition) is 1. The van der Waals surface area contributed by atoms with Crippen LogP contribution in [-0.2, 0) is 17.5 Å². The smallest absolute Gasteiger partial charge is 0.418 e. The number of fused-ring (bicyclic) bond motifs is 1. The quantitative estimate of drug-likeness (QED) is 0.420. The van der Waals surface area contributed by atoms with Crippen LogP contribution >= 0.6 is 0 Å². The third-order valence-electron chi connectivity index (χ3n) is 4.76. The molecule has 0 amide bonds. The molecule has 9 heteroatoms. The van der Waals surface area contributed by atoms with Crippen LogP contribution in [0.3, 0.4) is 0 Å². The van der Waals surface area contributed by atoms with Crippen LogP contribution in [0.1, 0.15) is 11.3 Å². The van der Waals surface area contributed by atoms with Gasteiger partial charge in [-0.2, -0.15) is 13.2 Å². The van der Waals surface area contributed by atoms with Gasteiger partial charge in [0.05, 0.1) is 48.1 Å². The molecule has 0 aliphatic carbocycles. The largest absolute Gasteiger partial charge is 0.495 e. The summed E-state index contributed by atoms with van der Waals surface area (Å²) < 4.78 is 51.2. The molecule has 0 spiro atoms. The highest BCUT2D eigenvalue weighted by Crippen LogP contribution is 2.39. The van der Waals surface area contributed by atoms with Gasteiger partial charge in [-0.15, -0.1) is 0 Å². The molecule has 0 radical (unpaired) electrons. The van der Waals surface area contributed by atoms with Crippen LogP contribution < -0.4 is 10.1 Å². The van der Waals surface area contributed by atoms with E-state index in [0.717, 1.165) is 11.5 Å². The number of hydrogen-bond acceptors (Lipinski definition) is 6. The van der Waals surface area contributed by atoms with Crippen molar-refractivity contribution >= 4 is 22.4 Å². The average Bonchev–Trinajstić information content (AvgIpc) is 2.78. The lowest BCUT2D eigenvalue weighted by Crippen LogP contribution is -2.09. The molecule has 0 aliphatic rings. The van der Waals surface area contributed by atoms with E-state index in [1.165, 1.54) is 13.3 Å². The lowest BCUT2D eigenvalue weighted by molar-refractivity contribution is -0.137. The Balaban J connectivity index is 1.86. The minimum absolute atomic E-state index is 0.0317. The Morgan fingerprint density at radius 2 is 1.84 bits per heavy atom. The van der Waals surface area contributed by atoms with Gasteiger partial charge < -0.3 is 14.8 Å². The minimum Gasteiger partial charge on any atom is -0.495 e. The SMILES string of the molecule is COCc1cc(Nc2ccccn2)c2ccc(-c3ncc(OC)cc3C(F)(F)F)cc2n1. The molecule has 0 saturated carbocycles. The molecule has 4 rings (SSSR count). The molecular formula is C23H19F3N4O2. The van der Waals surface area contributed by atoms with Crippen LogP contribution in [-0.4, -0.2) is 29.2 Å². The van der Waals surface area contributed by atoms with E-state index in [9.17, 15) is 13.2 Å². The highest BCUT2D eigenvalue weighted by atomic mass is 19.4. The zero-order chi connectivity index (χ0) is 22.7. The first kappa shape index (κ1) is 21.5. The van der Waals surface area contributed by atoms with Gasteiger partial charge >= 0.3 is 6.18 Å².